The molecule has 0 aromatic heterocycles. The van der Waals surface area contributed by atoms with Gasteiger partial charge in [0, 0.05) is 7.11 Å². The minimum absolute atomic E-state index is 0.574. The lowest BCUT2D eigenvalue weighted by molar-refractivity contribution is 0.118. The van der Waals surface area contributed by atoms with Gasteiger partial charge in [0.25, 0.3) is 0 Å². The summed E-state index contributed by atoms with van der Waals surface area (Å²) in [6, 6.07) is 0. The molecule has 0 aliphatic carbocycles. The molecule has 0 fully saturated rings. The Morgan fingerprint density at radius 1 is 1.00 bits per heavy atom. The van der Waals surface area contributed by atoms with E-state index < -0.39 is 0 Å². The van der Waals surface area contributed by atoms with Gasteiger partial charge < -0.3 is 14.2 Å². The fraction of sp³-hybridized carbons (Fsp3) is 0.778. The van der Waals surface area contributed by atoms with Crippen molar-refractivity contribution in [2.75, 3.05) is 26.9 Å². The Balaban J connectivity index is 2.93. The highest BCUT2D eigenvalue weighted by molar-refractivity contribution is 4.60. The topological polar surface area (TPSA) is 27.7 Å². The first-order valence-corrected chi connectivity index (χ1v) is 4.29. The molecule has 0 heterocycles. The van der Waals surface area contributed by atoms with Crippen LogP contribution >= 0.6 is 0 Å². The lowest BCUT2D eigenvalue weighted by Crippen LogP contribution is -1.96. The third-order valence-electron chi connectivity index (χ3n) is 1.27. The van der Waals surface area contributed by atoms with E-state index in [9.17, 15) is 0 Å². The molecule has 0 N–H and O–H groups in total. The van der Waals surface area contributed by atoms with Gasteiger partial charge in [0.2, 0.25) is 0 Å². The van der Waals surface area contributed by atoms with Gasteiger partial charge in [-0.1, -0.05) is 13.3 Å². The summed E-state index contributed by atoms with van der Waals surface area (Å²) >= 11 is 0. The highest BCUT2D eigenvalue weighted by Crippen LogP contribution is 1.88. The van der Waals surface area contributed by atoms with Crippen LogP contribution in [0.2, 0.25) is 0 Å². The van der Waals surface area contributed by atoms with E-state index in [-0.39, 0.29) is 0 Å². The van der Waals surface area contributed by atoms with Gasteiger partial charge in [0.15, 0.2) is 0 Å². The fourth-order valence-electron chi connectivity index (χ4n) is 0.574. The summed E-state index contributed by atoms with van der Waals surface area (Å²) in [6.07, 6.45) is 5.36. The lowest BCUT2D eigenvalue weighted by atomic mass is 10.4. The molecule has 0 unspecified atom stereocenters. The van der Waals surface area contributed by atoms with E-state index in [2.05, 4.69) is 6.92 Å². The Hall–Kier alpha value is -0.700. The van der Waals surface area contributed by atoms with Crippen molar-refractivity contribution in [2.24, 2.45) is 0 Å². The second-order valence-electron chi connectivity index (χ2n) is 2.36. The third kappa shape index (κ3) is 9.30. The maximum Gasteiger partial charge on any atom is 0.117 e. The molecule has 0 radical (unpaired) electrons. The van der Waals surface area contributed by atoms with E-state index in [0.717, 1.165) is 19.4 Å². The first-order valence-electron chi connectivity index (χ1n) is 4.29. The van der Waals surface area contributed by atoms with Gasteiger partial charge in [0.05, 0.1) is 13.2 Å². The highest BCUT2D eigenvalue weighted by Gasteiger charge is 1.81. The van der Waals surface area contributed by atoms with Crippen molar-refractivity contribution in [2.45, 2.75) is 19.8 Å². The second-order valence-corrected chi connectivity index (χ2v) is 2.36. The van der Waals surface area contributed by atoms with Crippen LogP contribution in [0, 0.1) is 0 Å². The number of methoxy groups -OCH3 is 1. The molecule has 0 aliphatic heterocycles. The number of ether oxygens (including phenoxy) is 3. The van der Waals surface area contributed by atoms with Crippen LogP contribution in [-0.4, -0.2) is 26.9 Å². The van der Waals surface area contributed by atoms with Gasteiger partial charge in [-0.25, -0.2) is 0 Å². The Kier molecular flexibility index (Phi) is 9.70. The first-order chi connectivity index (χ1) is 5.91. The Bertz CT molecular complexity index is 89.9. The van der Waals surface area contributed by atoms with E-state index in [1.165, 1.54) is 0 Å². The minimum Gasteiger partial charge on any atom is -0.498 e. The molecule has 72 valence electrons. The molecular formula is C9H18O3. The zero-order valence-corrected chi connectivity index (χ0v) is 7.91. The number of unbranched alkanes of at least 4 members (excludes halogenated alkanes) is 1. The largest absolute Gasteiger partial charge is 0.498 e. The number of hydrogen-bond donors (Lipinski definition) is 0. The van der Waals surface area contributed by atoms with Crippen LogP contribution in [0.15, 0.2) is 12.5 Å². The van der Waals surface area contributed by atoms with Gasteiger partial charge in [-0.15, -0.1) is 0 Å². The monoisotopic (exact) mass is 174 g/mol. The van der Waals surface area contributed by atoms with Crippen LogP contribution in [0.1, 0.15) is 19.8 Å². The third-order valence-corrected chi connectivity index (χ3v) is 1.27. The quantitative estimate of drug-likeness (QED) is 0.415. The van der Waals surface area contributed by atoms with Crippen molar-refractivity contribution in [3.05, 3.63) is 12.5 Å². The van der Waals surface area contributed by atoms with E-state index in [1.54, 1.807) is 19.6 Å². The van der Waals surface area contributed by atoms with Gasteiger partial charge >= 0.3 is 0 Å². The summed E-state index contributed by atoms with van der Waals surface area (Å²) in [5, 5.41) is 0. The standard InChI is InChI=1S/C9H18O3/c1-3-4-5-11-8-9-12-7-6-10-2/h8-9H,3-7H2,1-2H3/b9-8+. The maximum atomic E-state index is 5.11. The average molecular weight is 174 g/mol. The fourth-order valence-corrected chi connectivity index (χ4v) is 0.574. The molecule has 0 saturated carbocycles. The summed E-state index contributed by atoms with van der Waals surface area (Å²) in [7, 11) is 1.64. The molecule has 3 nitrogen and oxygen atoms in total. The van der Waals surface area contributed by atoms with Crippen LogP contribution in [-0.2, 0) is 14.2 Å². The summed E-state index contributed by atoms with van der Waals surface area (Å²) < 4.78 is 14.9. The molecule has 0 amide bonds. The van der Waals surface area contributed by atoms with Gasteiger partial charge in [0.1, 0.15) is 19.1 Å². The van der Waals surface area contributed by atoms with Gasteiger partial charge in [-0.3, -0.25) is 0 Å². The van der Waals surface area contributed by atoms with Crippen molar-refractivity contribution < 1.29 is 14.2 Å². The highest BCUT2D eigenvalue weighted by atomic mass is 16.5. The van der Waals surface area contributed by atoms with Crippen LogP contribution < -0.4 is 0 Å². The molecule has 0 aliphatic rings. The maximum absolute atomic E-state index is 5.11. The molecule has 0 spiro atoms. The molecule has 0 bridgehead atoms. The number of rotatable bonds is 8. The smallest absolute Gasteiger partial charge is 0.117 e. The van der Waals surface area contributed by atoms with Crippen molar-refractivity contribution in [3.8, 4) is 0 Å². The first kappa shape index (κ1) is 11.3. The van der Waals surface area contributed by atoms with Gasteiger partial charge in [-0.2, -0.15) is 0 Å². The Labute approximate surface area is 74.3 Å². The summed E-state index contributed by atoms with van der Waals surface area (Å²) in [5.41, 5.74) is 0. The van der Waals surface area contributed by atoms with Crippen molar-refractivity contribution in [1.29, 1.82) is 0 Å². The molecule has 0 atom stereocenters. The van der Waals surface area contributed by atoms with E-state index >= 15 is 0 Å². The van der Waals surface area contributed by atoms with E-state index in [0.29, 0.717) is 13.2 Å². The Morgan fingerprint density at radius 3 is 2.25 bits per heavy atom. The van der Waals surface area contributed by atoms with Crippen molar-refractivity contribution >= 4 is 0 Å². The zero-order valence-electron chi connectivity index (χ0n) is 7.91. The van der Waals surface area contributed by atoms with Crippen molar-refractivity contribution in [1.82, 2.24) is 0 Å². The lowest BCUT2D eigenvalue weighted by Gasteiger charge is -1.99. The van der Waals surface area contributed by atoms with E-state index in [4.69, 9.17) is 14.2 Å². The average Bonchev–Trinajstić information content (AvgIpc) is 2.10. The van der Waals surface area contributed by atoms with Crippen LogP contribution in [0.5, 0.6) is 0 Å². The summed E-state index contributed by atoms with van der Waals surface area (Å²) in [4.78, 5) is 0. The van der Waals surface area contributed by atoms with Crippen LogP contribution in [0.4, 0.5) is 0 Å². The summed E-state index contributed by atoms with van der Waals surface area (Å²) in [6.45, 7) is 4.08. The predicted octanol–water partition coefficient (Wildman–Crippen LogP) is 1.94. The van der Waals surface area contributed by atoms with Crippen molar-refractivity contribution in [3.63, 3.8) is 0 Å². The summed E-state index contributed by atoms with van der Waals surface area (Å²) in [5.74, 6) is 0. The molecule has 3 heteroatoms. The normalized spacial score (nSPS) is 10.5. The molecule has 12 heavy (non-hydrogen) atoms. The van der Waals surface area contributed by atoms with E-state index in [1.807, 2.05) is 0 Å². The molecule has 0 aromatic rings. The second kappa shape index (κ2) is 10.3. The molecule has 0 rings (SSSR count). The number of hydrogen-bond acceptors (Lipinski definition) is 3. The van der Waals surface area contributed by atoms with Crippen LogP contribution in [0.25, 0.3) is 0 Å². The predicted molar refractivity (Wildman–Crippen MR) is 47.8 cm³/mol. The van der Waals surface area contributed by atoms with Crippen LogP contribution in [0.3, 0.4) is 0 Å². The molecule has 0 saturated heterocycles. The van der Waals surface area contributed by atoms with Gasteiger partial charge in [-0.05, 0) is 6.42 Å². The molecule has 0 aromatic carbocycles. The minimum atomic E-state index is 0.574. The molecular weight excluding hydrogens is 156 g/mol. The Morgan fingerprint density at radius 2 is 1.67 bits per heavy atom. The SMILES string of the molecule is CCCCO/C=C/OCCOC. The zero-order chi connectivity index (χ0) is 9.07.